The van der Waals surface area contributed by atoms with Crippen molar-refractivity contribution in [2.24, 2.45) is 0 Å². The van der Waals surface area contributed by atoms with Gasteiger partial charge in [-0.2, -0.15) is 18.3 Å². The molecular formula is C30H36F3N3O5. The van der Waals surface area contributed by atoms with Crippen LogP contribution in [0, 0.1) is 0 Å². The van der Waals surface area contributed by atoms with E-state index in [9.17, 15) is 27.6 Å². The first-order valence-electron chi connectivity index (χ1n) is 13.7. The Morgan fingerprint density at radius 3 is 2.32 bits per heavy atom. The van der Waals surface area contributed by atoms with Gasteiger partial charge in [0.25, 0.3) is 5.56 Å². The minimum absolute atomic E-state index is 0.104. The molecular weight excluding hydrogens is 539 g/mol. The van der Waals surface area contributed by atoms with Crippen LogP contribution in [0.2, 0.25) is 0 Å². The molecule has 2 aromatic carbocycles. The number of nitrogens with zero attached hydrogens (tertiary/aromatic N) is 3. The number of esters is 1. The molecule has 0 spiro atoms. The number of halogens is 3. The van der Waals surface area contributed by atoms with E-state index in [2.05, 4.69) is 5.10 Å². The van der Waals surface area contributed by atoms with Gasteiger partial charge < -0.3 is 9.47 Å². The Hall–Kier alpha value is -3.89. The Morgan fingerprint density at radius 1 is 0.927 bits per heavy atom. The van der Waals surface area contributed by atoms with E-state index in [0.29, 0.717) is 25.0 Å². The SMILES string of the molecule is CCOC(=O)C(C)(C)Oc1cccc(CCCCn2c(=O)c(Cc3ccccc3)nn(CCCC(F)(F)F)c2=O)c1. The molecule has 8 nitrogen and oxygen atoms in total. The predicted molar refractivity (Wildman–Crippen MR) is 148 cm³/mol. The van der Waals surface area contributed by atoms with Crippen molar-refractivity contribution in [1.29, 1.82) is 0 Å². The molecule has 0 fully saturated rings. The summed E-state index contributed by atoms with van der Waals surface area (Å²) in [6.07, 6.45) is -3.82. The van der Waals surface area contributed by atoms with Gasteiger partial charge in [0.05, 0.1) is 6.61 Å². The lowest BCUT2D eigenvalue weighted by Gasteiger charge is -2.24. The fourth-order valence-corrected chi connectivity index (χ4v) is 4.29. The summed E-state index contributed by atoms with van der Waals surface area (Å²) in [5, 5.41) is 4.14. The van der Waals surface area contributed by atoms with Crippen LogP contribution in [0.1, 0.15) is 63.3 Å². The van der Waals surface area contributed by atoms with Crippen molar-refractivity contribution in [2.75, 3.05) is 6.61 Å². The maximum absolute atomic E-state index is 13.2. The second kappa shape index (κ2) is 14.1. The molecule has 0 aliphatic carbocycles. The zero-order chi connectivity index (χ0) is 30.0. The van der Waals surface area contributed by atoms with Gasteiger partial charge in [0.15, 0.2) is 5.60 Å². The lowest BCUT2D eigenvalue weighted by molar-refractivity contribution is -0.158. The third-order valence-corrected chi connectivity index (χ3v) is 6.37. The number of rotatable bonds is 14. The highest BCUT2D eigenvalue weighted by atomic mass is 19.4. The lowest BCUT2D eigenvalue weighted by Crippen LogP contribution is -2.43. The molecule has 3 aromatic rings. The number of aryl methyl sites for hydroxylation is 2. The maximum Gasteiger partial charge on any atom is 0.389 e. The standard InChI is InChI=1S/C30H36F3N3O5/c1-4-40-27(38)29(2,3)41-24-16-10-15-22(20-24)14-8-9-18-35-26(37)25(21-23-12-6-5-7-13-23)34-36(28(35)39)19-11-17-30(31,32)33/h5-7,10,12-13,15-16,20H,4,8-9,11,14,17-19,21H2,1-3H3. The molecule has 0 atom stereocenters. The van der Waals surface area contributed by atoms with E-state index in [-0.39, 0.29) is 38.2 Å². The number of benzene rings is 2. The van der Waals surface area contributed by atoms with E-state index >= 15 is 0 Å². The highest BCUT2D eigenvalue weighted by Crippen LogP contribution is 2.22. The van der Waals surface area contributed by atoms with Crippen LogP contribution < -0.4 is 16.0 Å². The monoisotopic (exact) mass is 575 g/mol. The highest BCUT2D eigenvalue weighted by molar-refractivity contribution is 5.79. The summed E-state index contributed by atoms with van der Waals surface area (Å²) in [5.74, 6) is 0.0436. The van der Waals surface area contributed by atoms with Crippen LogP contribution in [0.3, 0.4) is 0 Å². The van der Waals surface area contributed by atoms with Gasteiger partial charge in [0.2, 0.25) is 0 Å². The first-order chi connectivity index (χ1) is 19.4. The van der Waals surface area contributed by atoms with Crippen LogP contribution >= 0.6 is 0 Å². The number of carbonyl (C=O) groups is 1. The number of hydrogen-bond donors (Lipinski definition) is 0. The molecule has 1 heterocycles. The molecule has 0 radical (unpaired) electrons. The summed E-state index contributed by atoms with van der Waals surface area (Å²) in [4.78, 5) is 38.3. The molecule has 0 aliphatic heterocycles. The molecule has 11 heteroatoms. The first kappa shape index (κ1) is 31.6. The Balaban J connectivity index is 1.71. The quantitative estimate of drug-likeness (QED) is 0.197. The first-order valence-corrected chi connectivity index (χ1v) is 13.7. The minimum Gasteiger partial charge on any atom is -0.476 e. The van der Waals surface area contributed by atoms with Gasteiger partial charge in [-0.15, -0.1) is 0 Å². The third kappa shape index (κ3) is 9.61. The van der Waals surface area contributed by atoms with Crippen molar-refractivity contribution in [3.8, 4) is 5.75 Å². The number of ether oxygens (including phenoxy) is 2. The largest absolute Gasteiger partial charge is 0.476 e. The second-order valence-corrected chi connectivity index (χ2v) is 10.2. The summed E-state index contributed by atoms with van der Waals surface area (Å²) in [7, 11) is 0. The van der Waals surface area contributed by atoms with Gasteiger partial charge in [0, 0.05) is 25.9 Å². The molecule has 41 heavy (non-hydrogen) atoms. The van der Waals surface area contributed by atoms with Crippen molar-refractivity contribution >= 4 is 5.97 Å². The summed E-state index contributed by atoms with van der Waals surface area (Å²) in [6.45, 7) is 5.10. The van der Waals surface area contributed by atoms with E-state index in [1.165, 1.54) is 0 Å². The molecule has 0 amide bonds. The summed E-state index contributed by atoms with van der Waals surface area (Å²) in [6, 6.07) is 16.4. The van der Waals surface area contributed by atoms with E-state index in [4.69, 9.17) is 9.47 Å². The molecule has 0 aliphatic rings. The van der Waals surface area contributed by atoms with Gasteiger partial charge in [-0.3, -0.25) is 9.36 Å². The van der Waals surface area contributed by atoms with E-state index in [0.717, 1.165) is 20.4 Å². The average Bonchev–Trinajstić information content (AvgIpc) is 2.90. The fourth-order valence-electron chi connectivity index (χ4n) is 4.29. The number of unbranched alkanes of at least 4 members (excludes halogenated alkanes) is 1. The van der Waals surface area contributed by atoms with E-state index < -0.39 is 35.4 Å². The molecule has 0 bridgehead atoms. The Morgan fingerprint density at radius 2 is 1.63 bits per heavy atom. The molecule has 3 rings (SSSR count). The van der Waals surface area contributed by atoms with Crippen molar-refractivity contribution < 1.29 is 27.4 Å². The van der Waals surface area contributed by atoms with Crippen molar-refractivity contribution in [3.05, 3.63) is 92.3 Å². The number of alkyl halides is 3. The van der Waals surface area contributed by atoms with Gasteiger partial charge in [-0.1, -0.05) is 42.5 Å². The van der Waals surface area contributed by atoms with Gasteiger partial charge in [-0.05, 0) is 69.7 Å². The van der Waals surface area contributed by atoms with Crippen LogP contribution in [0.5, 0.6) is 5.75 Å². The van der Waals surface area contributed by atoms with Crippen molar-refractivity contribution in [3.63, 3.8) is 0 Å². The van der Waals surface area contributed by atoms with Gasteiger partial charge in [0.1, 0.15) is 11.4 Å². The zero-order valence-corrected chi connectivity index (χ0v) is 23.6. The molecule has 0 N–H and O–H groups in total. The molecule has 0 unspecified atom stereocenters. The van der Waals surface area contributed by atoms with Crippen LogP contribution in [-0.2, 0) is 35.5 Å². The maximum atomic E-state index is 13.2. The number of aromatic nitrogens is 3. The normalized spacial score (nSPS) is 11.9. The fraction of sp³-hybridized carbons (Fsp3) is 0.467. The zero-order valence-electron chi connectivity index (χ0n) is 23.6. The highest BCUT2D eigenvalue weighted by Gasteiger charge is 2.31. The molecule has 222 valence electrons. The molecule has 0 saturated carbocycles. The van der Waals surface area contributed by atoms with Gasteiger partial charge in [-0.25, -0.2) is 14.3 Å². The number of hydrogen-bond acceptors (Lipinski definition) is 6. The van der Waals surface area contributed by atoms with Crippen LogP contribution in [0.4, 0.5) is 13.2 Å². The Bertz CT molecular complexity index is 1420. The van der Waals surface area contributed by atoms with Crippen LogP contribution in [0.25, 0.3) is 0 Å². The van der Waals surface area contributed by atoms with Crippen molar-refractivity contribution in [2.45, 2.75) is 84.2 Å². The second-order valence-electron chi connectivity index (χ2n) is 10.2. The van der Waals surface area contributed by atoms with Gasteiger partial charge >= 0.3 is 17.8 Å². The topological polar surface area (TPSA) is 92.4 Å². The summed E-state index contributed by atoms with van der Waals surface area (Å²) >= 11 is 0. The predicted octanol–water partition coefficient (Wildman–Crippen LogP) is 5.08. The minimum atomic E-state index is -4.35. The average molecular weight is 576 g/mol. The van der Waals surface area contributed by atoms with Crippen molar-refractivity contribution in [1.82, 2.24) is 14.3 Å². The smallest absolute Gasteiger partial charge is 0.389 e. The van der Waals surface area contributed by atoms with E-state index in [1.807, 2.05) is 48.5 Å². The Labute approximate surface area is 236 Å². The molecule has 1 aromatic heterocycles. The lowest BCUT2D eigenvalue weighted by atomic mass is 10.1. The van der Waals surface area contributed by atoms with Crippen LogP contribution in [0.15, 0.2) is 64.2 Å². The molecule has 0 saturated heterocycles. The summed E-state index contributed by atoms with van der Waals surface area (Å²) < 4.78 is 51.0. The number of carbonyl (C=O) groups excluding carboxylic acids is 1. The third-order valence-electron chi connectivity index (χ3n) is 6.37. The Kier molecular flexibility index (Phi) is 10.9. The van der Waals surface area contributed by atoms with Crippen LogP contribution in [-0.4, -0.2) is 38.7 Å². The van der Waals surface area contributed by atoms with E-state index in [1.54, 1.807) is 26.8 Å². The summed E-state index contributed by atoms with van der Waals surface area (Å²) in [5.41, 5.74) is -0.560.